The number of ether oxygens (including phenoxy) is 2. The Morgan fingerprint density at radius 1 is 1.28 bits per heavy atom. The Morgan fingerprint density at radius 2 is 2.08 bits per heavy atom. The van der Waals surface area contributed by atoms with Crippen LogP contribution < -0.4 is 5.56 Å². The van der Waals surface area contributed by atoms with Gasteiger partial charge in [0.15, 0.2) is 0 Å². The van der Waals surface area contributed by atoms with Crippen LogP contribution in [0.25, 0.3) is 21.6 Å². The lowest BCUT2D eigenvalue weighted by atomic mass is 10.1. The average molecular weight is 358 g/mol. The first kappa shape index (κ1) is 17.3. The van der Waals surface area contributed by atoms with Crippen molar-refractivity contribution in [3.05, 3.63) is 50.6 Å². The van der Waals surface area contributed by atoms with Crippen molar-refractivity contribution < 1.29 is 14.3 Å². The zero-order valence-corrected chi connectivity index (χ0v) is 15.0. The summed E-state index contributed by atoms with van der Waals surface area (Å²) < 4.78 is 10.0. The number of H-pyrrole nitrogens is 1. The molecule has 1 N–H and O–H groups in total. The van der Waals surface area contributed by atoms with Crippen LogP contribution in [0, 0.1) is 13.8 Å². The van der Waals surface area contributed by atoms with Gasteiger partial charge in [-0.2, -0.15) is 0 Å². The maximum atomic E-state index is 12.5. The number of methoxy groups -OCH3 is 1. The summed E-state index contributed by atoms with van der Waals surface area (Å²) in [5.74, 6) is 0.0239. The molecule has 0 radical (unpaired) electrons. The van der Waals surface area contributed by atoms with Crippen LogP contribution in [0.3, 0.4) is 0 Å². The first-order valence-electron chi connectivity index (χ1n) is 7.77. The van der Waals surface area contributed by atoms with Crippen molar-refractivity contribution in [1.29, 1.82) is 0 Å². The van der Waals surface area contributed by atoms with E-state index in [1.807, 2.05) is 31.2 Å². The minimum atomic E-state index is -0.464. The molecule has 0 unspecified atom stereocenters. The average Bonchev–Trinajstić information content (AvgIpc) is 2.92. The van der Waals surface area contributed by atoms with Gasteiger partial charge in [-0.25, -0.2) is 9.78 Å². The zero-order valence-electron chi connectivity index (χ0n) is 14.2. The number of benzene rings is 1. The third-order valence-electron chi connectivity index (χ3n) is 3.80. The molecular weight excluding hydrogens is 340 g/mol. The van der Waals surface area contributed by atoms with E-state index in [-0.39, 0.29) is 12.2 Å². The molecule has 6 nitrogen and oxygen atoms in total. The smallest absolute Gasteiger partial charge is 0.348 e. The van der Waals surface area contributed by atoms with Gasteiger partial charge in [-0.1, -0.05) is 23.8 Å². The molecule has 7 heteroatoms. The van der Waals surface area contributed by atoms with Crippen molar-refractivity contribution in [2.75, 3.05) is 20.3 Å². The second kappa shape index (κ2) is 7.16. The van der Waals surface area contributed by atoms with E-state index in [1.54, 1.807) is 6.92 Å². The van der Waals surface area contributed by atoms with Crippen molar-refractivity contribution in [2.24, 2.45) is 0 Å². The SMILES string of the molecule is COCCOC(=O)c1sc2nc(-c3cccc(C)c3)[nH]c(=O)c2c1C. The van der Waals surface area contributed by atoms with Gasteiger partial charge in [0, 0.05) is 12.7 Å². The van der Waals surface area contributed by atoms with E-state index in [0.717, 1.165) is 11.1 Å². The molecule has 130 valence electrons. The molecule has 0 aliphatic carbocycles. The van der Waals surface area contributed by atoms with Crippen LogP contribution in [0.5, 0.6) is 0 Å². The van der Waals surface area contributed by atoms with Crippen LogP contribution >= 0.6 is 11.3 Å². The van der Waals surface area contributed by atoms with Crippen LogP contribution in [0.15, 0.2) is 29.1 Å². The van der Waals surface area contributed by atoms with Crippen LogP contribution in [0.2, 0.25) is 0 Å². The fourth-order valence-electron chi connectivity index (χ4n) is 2.55. The third kappa shape index (κ3) is 3.47. The highest BCUT2D eigenvalue weighted by atomic mass is 32.1. The second-order valence-electron chi connectivity index (χ2n) is 5.65. The van der Waals surface area contributed by atoms with E-state index in [0.29, 0.717) is 33.1 Å². The maximum absolute atomic E-state index is 12.5. The number of hydrogen-bond acceptors (Lipinski definition) is 6. The maximum Gasteiger partial charge on any atom is 0.348 e. The molecule has 0 aliphatic heterocycles. The van der Waals surface area contributed by atoms with E-state index < -0.39 is 5.97 Å². The molecule has 0 bridgehead atoms. The summed E-state index contributed by atoms with van der Waals surface area (Å²) in [6, 6.07) is 7.72. The van der Waals surface area contributed by atoms with Gasteiger partial charge in [-0.15, -0.1) is 11.3 Å². The molecule has 3 aromatic rings. The monoisotopic (exact) mass is 358 g/mol. The standard InChI is InChI=1S/C18H18N2O4S/c1-10-5-4-6-12(9-10)15-19-16(21)13-11(2)14(25-17(13)20-15)18(22)24-8-7-23-3/h4-6,9H,7-8H2,1-3H3,(H,19,20,21). The number of thiophene rings is 1. The molecule has 0 saturated heterocycles. The number of nitrogens with zero attached hydrogens (tertiary/aromatic N) is 1. The van der Waals surface area contributed by atoms with Crippen LogP contribution in [0.4, 0.5) is 0 Å². The molecule has 3 rings (SSSR count). The van der Waals surface area contributed by atoms with E-state index in [1.165, 1.54) is 18.4 Å². The molecule has 1 aromatic carbocycles. The number of fused-ring (bicyclic) bond motifs is 1. The molecule has 0 aliphatic rings. The minimum Gasteiger partial charge on any atom is -0.459 e. The fraction of sp³-hybridized carbons (Fsp3) is 0.278. The predicted molar refractivity (Wildman–Crippen MR) is 97.3 cm³/mol. The van der Waals surface area contributed by atoms with E-state index >= 15 is 0 Å². The fourth-order valence-corrected chi connectivity index (χ4v) is 3.63. The Kier molecular flexibility index (Phi) is 4.96. The van der Waals surface area contributed by atoms with Crippen LogP contribution in [-0.2, 0) is 9.47 Å². The normalized spacial score (nSPS) is 11.0. The van der Waals surface area contributed by atoms with Gasteiger partial charge in [0.2, 0.25) is 0 Å². The lowest BCUT2D eigenvalue weighted by Gasteiger charge is -2.02. The quantitative estimate of drug-likeness (QED) is 0.560. The van der Waals surface area contributed by atoms with Gasteiger partial charge in [0.25, 0.3) is 5.56 Å². The van der Waals surface area contributed by atoms with E-state index in [9.17, 15) is 9.59 Å². The zero-order chi connectivity index (χ0) is 18.0. The summed E-state index contributed by atoms with van der Waals surface area (Å²) in [6.07, 6.45) is 0. The summed E-state index contributed by atoms with van der Waals surface area (Å²) in [5, 5.41) is 0.431. The van der Waals surface area contributed by atoms with Gasteiger partial charge in [-0.3, -0.25) is 4.79 Å². The van der Waals surface area contributed by atoms with Gasteiger partial charge in [0.05, 0.1) is 12.0 Å². The van der Waals surface area contributed by atoms with Crippen LogP contribution in [-0.4, -0.2) is 36.3 Å². The Hall–Kier alpha value is -2.51. The Balaban J connectivity index is 2.04. The summed E-state index contributed by atoms with van der Waals surface area (Å²) in [6.45, 7) is 4.20. The highest BCUT2D eigenvalue weighted by Gasteiger charge is 2.20. The predicted octanol–water partition coefficient (Wildman–Crippen LogP) is 3.07. The molecular formula is C18H18N2O4S. The lowest BCUT2D eigenvalue weighted by molar-refractivity contribution is 0.0393. The number of esters is 1. The molecule has 2 heterocycles. The molecule has 0 atom stereocenters. The van der Waals surface area contributed by atoms with E-state index in [4.69, 9.17) is 9.47 Å². The molecule has 0 saturated carbocycles. The largest absolute Gasteiger partial charge is 0.459 e. The van der Waals surface area contributed by atoms with Crippen molar-refractivity contribution in [2.45, 2.75) is 13.8 Å². The number of hydrogen-bond donors (Lipinski definition) is 1. The molecule has 25 heavy (non-hydrogen) atoms. The first-order chi connectivity index (χ1) is 12.0. The molecule has 2 aromatic heterocycles. The molecule has 0 amide bonds. The highest BCUT2D eigenvalue weighted by molar-refractivity contribution is 7.20. The summed E-state index contributed by atoms with van der Waals surface area (Å²) in [7, 11) is 1.54. The summed E-state index contributed by atoms with van der Waals surface area (Å²) in [4.78, 5) is 33.0. The summed E-state index contributed by atoms with van der Waals surface area (Å²) >= 11 is 1.17. The second-order valence-corrected chi connectivity index (χ2v) is 6.65. The highest BCUT2D eigenvalue weighted by Crippen LogP contribution is 2.29. The Labute approximate surface area is 148 Å². The number of aryl methyl sites for hydroxylation is 2. The number of rotatable bonds is 5. The summed E-state index contributed by atoms with van der Waals surface area (Å²) in [5.41, 5.74) is 2.23. The third-order valence-corrected chi connectivity index (χ3v) is 4.96. The minimum absolute atomic E-state index is 0.168. The lowest BCUT2D eigenvalue weighted by Crippen LogP contribution is -2.11. The number of carbonyl (C=O) groups is 1. The first-order valence-corrected chi connectivity index (χ1v) is 8.59. The topological polar surface area (TPSA) is 81.3 Å². The van der Waals surface area contributed by atoms with Gasteiger partial charge < -0.3 is 14.5 Å². The van der Waals surface area contributed by atoms with Crippen molar-refractivity contribution in [3.8, 4) is 11.4 Å². The Bertz CT molecular complexity index is 990. The molecule has 0 fully saturated rings. The number of carbonyl (C=O) groups excluding carboxylic acids is 1. The van der Waals surface area contributed by atoms with E-state index in [2.05, 4.69) is 9.97 Å². The van der Waals surface area contributed by atoms with Crippen LogP contribution in [0.1, 0.15) is 20.8 Å². The number of nitrogens with one attached hydrogen (secondary N) is 1. The van der Waals surface area contributed by atoms with Crippen molar-refractivity contribution in [3.63, 3.8) is 0 Å². The number of aromatic nitrogens is 2. The van der Waals surface area contributed by atoms with Gasteiger partial charge in [-0.05, 0) is 25.5 Å². The van der Waals surface area contributed by atoms with Gasteiger partial charge in [0.1, 0.15) is 22.1 Å². The van der Waals surface area contributed by atoms with Gasteiger partial charge >= 0.3 is 5.97 Å². The number of aromatic amines is 1. The van der Waals surface area contributed by atoms with Crippen molar-refractivity contribution >= 4 is 27.5 Å². The Morgan fingerprint density at radius 3 is 2.80 bits per heavy atom. The molecule has 0 spiro atoms. The van der Waals surface area contributed by atoms with Crippen molar-refractivity contribution in [1.82, 2.24) is 9.97 Å².